The number of nitrogens with one attached hydrogen (secondary N) is 2. The van der Waals surface area contributed by atoms with Crippen LogP contribution in [-0.2, 0) is 13.1 Å². The monoisotopic (exact) mass is 577 g/mol. The van der Waals surface area contributed by atoms with Gasteiger partial charge in [0.2, 0.25) is 0 Å². The van der Waals surface area contributed by atoms with Gasteiger partial charge in [0.15, 0.2) is 11.7 Å². The van der Waals surface area contributed by atoms with Crippen LogP contribution in [0.5, 0.6) is 0 Å². The molecule has 1 aliphatic rings. The van der Waals surface area contributed by atoms with Crippen LogP contribution in [0.2, 0.25) is 0 Å². The molecule has 1 saturated heterocycles. The van der Waals surface area contributed by atoms with Crippen LogP contribution < -0.4 is 10.6 Å². The molecule has 1 aliphatic heterocycles. The molecule has 2 aromatic heterocycles. The molecule has 10 heteroatoms. The summed E-state index contributed by atoms with van der Waals surface area (Å²) in [6.45, 7) is 3.38. The number of rotatable bonds is 6. The van der Waals surface area contributed by atoms with Crippen LogP contribution in [0, 0.1) is 0 Å². The Morgan fingerprint density at radius 3 is 2.32 bits per heavy atom. The Morgan fingerprint density at radius 1 is 0.912 bits per heavy atom. The van der Waals surface area contributed by atoms with Gasteiger partial charge in [-0.05, 0) is 42.0 Å². The third-order valence-electron chi connectivity index (χ3n) is 5.45. The zero-order valence-electron chi connectivity index (χ0n) is 18.9. The smallest absolute Gasteiger partial charge is 0.289 e. The van der Waals surface area contributed by atoms with Gasteiger partial charge >= 0.3 is 0 Å². The number of aliphatic imine (C=N–C) groups is 1. The van der Waals surface area contributed by atoms with Crippen LogP contribution in [0.4, 0.5) is 0 Å². The van der Waals surface area contributed by atoms with Crippen LogP contribution in [0.1, 0.15) is 32.2 Å². The van der Waals surface area contributed by atoms with E-state index in [0.29, 0.717) is 56.4 Å². The number of hydrogen-bond acceptors (Lipinski definition) is 5. The van der Waals surface area contributed by atoms with Gasteiger partial charge in [0.1, 0.15) is 5.76 Å². The van der Waals surface area contributed by atoms with Gasteiger partial charge in [-0.25, -0.2) is 0 Å². The molecule has 0 spiro atoms. The SMILES string of the molecule is CN=C(NCc1cccc(C(=O)NCc2ccco2)c1)N1CCN(C(=O)c2ccco2)CC1.I. The second-order valence-electron chi connectivity index (χ2n) is 7.62. The second kappa shape index (κ2) is 12.3. The number of hydrogen-bond donors (Lipinski definition) is 2. The van der Waals surface area contributed by atoms with E-state index in [4.69, 9.17) is 8.83 Å². The summed E-state index contributed by atoms with van der Waals surface area (Å²) in [5, 5.41) is 6.21. The number of halogens is 1. The minimum absolute atomic E-state index is 0. The highest BCUT2D eigenvalue weighted by Gasteiger charge is 2.25. The van der Waals surface area contributed by atoms with Crippen molar-refractivity contribution in [1.29, 1.82) is 0 Å². The Labute approximate surface area is 215 Å². The maximum atomic E-state index is 12.5. The molecule has 0 atom stereocenters. The van der Waals surface area contributed by atoms with Crippen LogP contribution >= 0.6 is 24.0 Å². The highest BCUT2D eigenvalue weighted by atomic mass is 127. The van der Waals surface area contributed by atoms with Gasteiger partial charge < -0.3 is 29.3 Å². The molecule has 1 fully saturated rings. The van der Waals surface area contributed by atoms with E-state index in [0.717, 1.165) is 11.5 Å². The molecule has 3 aromatic rings. The Kier molecular flexibility index (Phi) is 9.14. The number of benzene rings is 1. The first-order chi connectivity index (χ1) is 16.1. The van der Waals surface area contributed by atoms with Gasteiger partial charge in [-0.2, -0.15) is 0 Å². The number of amides is 2. The average Bonchev–Trinajstić information content (AvgIpc) is 3.58. The summed E-state index contributed by atoms with van der Waals surface area (Å²) in [6.07, 6.45) is 3.09. The first kappa shape index (κ1) is 25.3. The predicted molar refractivity (Wildman–Crippen MR) is 138 cm³/mol. The van der Waals surface area contributed by atoms with Crippen molar-refractivity contribution in [2.24, 2.45) is 4.99 Å². The van der Waals surface area contributed by atoms with Gasteiger partial charge in [-0.15, -0.1) is 24.0 Å². The molecule has 34 heavy (non-hydrogen) atoms. The number of piperazine rings is 1. The Bertz CT molecular complexity index is 1090. The summed E-state index contributed by atoms with van der Waals surface area (Å²) >= 11 is 0. The summed E-state index contributed by atoms with van der Waals surface area (Å²) in [5.74, 6) is 1.57. The standard InChI is InChI=1S/C24H27N5O4.HI/c1-25-24(29-11-9-28(10-12-29)23(31)21-8-4-14-33-21)27-16-18-5-2-6-19(15-18)22(30)26-17-20-7-3-13-32-20;/h2-8,13-15H,9-12,16-17H2,1H3,(H,25,27)(H,26,30);1H. The molecule has 9 nitrogen and oxygen atoms in total. The molecule has 2 amide bonds. The average molecular weight is 577 g/mol. The molecule has 2 N–H and O–H groups in total. The first-order valence-electron chi connectivity index (χ1n) is 10.8. The van der Waals surface area contributed by atoms with Gasteiger partial charge in [-0.1, -0.05) is 12.1 Å². The highest BCUT2D eigenvalue weighted by molar-refractivity contribution is 14.0. The van der Waals surface area contributed by atoms with Gasteiger partial charge in [0, 0.05) is 45.3 Å². The number of guanidine groups is 1. The lowest BCUT2D eigenvalue weighted by Crippen LogP contribution is -2.53. The molecule has 180 valence electrons. The summed E-state index contributed by atoms with van der Waals surface area (Å²) in [4.78, 5) is 33.2. The quantitative estimate of drug-likeness (QED) is 0.266. The minimum Gasteiger partial charge on any atom is -0.467 e. The zero-order valence-corrected chi connectivity index (χ0v) is 21.2. The predicted octanol–water partition coefficient (Wildman–Crippen LogP) is 2.95. The minimum atomic E-state index is -0.157. The zero-order chi connectivity index (χ0) is 23.0. The van der Waals surface area contributed by atoms with Crippen LogP contribution in [0.25, 0.3) is 0 Å². The lowest BCUT2D eigenvalue weighted by molar-refractivity contribution is 0.0657. The fourth-order valence-corrected chi connectivity index (χ4v) is 3.70. The van der Waals surface area contributed by atoms with E-state index in [9.17, 15) is 9.59 Å². The van der Waals surface area contributed by atoms with Gasteiger partial charge in [-0.3, -0.25) is 14.6 Å². The summed E-state index contributed by atoms with van der Waals surface area (Å²) in [5.41, 5.74) is 1.55. The highest BCUT2D eigenvalue weighted by Crippen LogP contribution is 2.11. The molecule has 3 heterocycles. The van der Waals surface area contributed by atoms with Gasteiger partial charge in [0.05, 0.1) is 19.1 Å². The summed E-state index contributed by atoms with van der Waals surface area (Å²) in [6, 6.07) is 14.5. The van der Waals surface area contributed by atoms with Crippen molar-refractivity contribution in [1.82, 2.24) is 20.4 Å². The summed E-state index contributed by atoms with van der Waals surface area (Å²) in [7, 11) is 1.74. The molecule has 0 bridgehead atoms. The third-order valence-corrected chi connectivity index (χ3v) is 5.45. The number of nitrogens with zero attached hydrogens (tertiary/aromatic N) is 3. The van der Waals surface area contributed by atoms with E-state index < -0.39 is 0 Å². The van der Waals surface area contributed by atoms with Crippen molar-refractivity contribution < 1.29 is 18.4 Å². The maximum Gasteiger partial charge on any atom is 0.289 e. The van der Waals surface area contributed by atoms with Crippen LogP contribution in [-0.4, -0.2) is 60.8 Å². The molecule has 0 aliphatic carbocycles. The van der Waals surface area contributed by atoms with Crippen molar-refractivity contribution in [2.75, 3.05) is 33.2 Å². The molecule has 0 radical (unpaired) electrons. The van der Waals surface area contributed by atoms with Crippen molar-refractivity contribution in [3.63, 3.8) is 0 Å². The molecule has 4 rings (SSSR count). The lowest BCUT2D eigenvalue weighted by Gasteiger charge is -2.36. The first-order valence-corrected chi connectivity index (χ1v) is 10.8. The van der Waals surface area contributed by atoms with Crippen LogP contribution in [0.15, 0.2) is 74.9 Å². The number of furan rings is 2. The number of carbonyl (C=O) groups excluding carboxylic acids is 2. The fraction of sp³-hybridized carbons (Fsp3) is 0.292. The topological polar surface area (TPSA) is 103 Å². The van der Waals surface area contributed by atoms with Crippen molar-refractivity contribution in [2.45, 2.75) is 13.1 Å². The Morgan fingerprint density at radius 2 is 1.65 bits per heavy atom. The Hall–Kier alpha value is -3.28. The Balaban J connectivity index is 0.00000324. The van der Waals surface area contributed by atoms with Gasteiger partial charge in [0.25, 0.3) is 11.8 Å². The van der Waals surface area contributed by atoms with Crippen molar-refractivity contribution >= 4 is 41.8 Å². The van der Waals surface area contributed by atoms with E-state index in [1.165, 1.54) is 6.26 Å². The van der Waals surface area contributed by atoms with E-state index in [1.807, 2.05) is 24.3 Å². The maximum absolute atomic E-state index is 12.5. The molecule has 0 saturated carbocycles. The third kappa shape index (κ3) is 6.40. The molecular formula is C24H28IN5O4. The molecule has 1 aromatic carbocycles. The van der Waals surface area contributed by atoms with E-state index in [-0.39, 0.29) is 35.8 Å². The van der Waals surface area contributed by atoms with E-state index >= 15 is 0 Å². The molecular weight excluding hydrogens is 549 g/mol. The van der Waals surface area contributed by atoms with Crippen molar-refractivity contribution in [3.8, 4) is 0 Å². The van der Waals surface area contributed by atoms with E-state index in [2.05, 4.69) is 20.5 Å². The second-order valence-corrected chi connectivity index (χ2v) is 7.62. The van der Waals surface area contributed by atoms with Crippen molar-refractivity contribution in [3.05, 3.63) is 83.7 Å². The summed E-state index contributed by atoms with van der Waals surface area (Å²) < 4.78 is 10.5. The van der Waals surface area contributed by atoms with E-state index in [1.54, 1.807) is 42.5 Å². The largest absolute Gasteiger partial charge is 0.467 e. The normalized spacial score (nSPS) is 13.9. The van der Waals surface area contributed by atoms with Crippen LogP contribution in [0.3, 0.4) is 0 Å². The molecule has 0 unspecified atom stereocenters. The number of carbonyl (C=O) groups is 2. The lowest BCUT2D eigenvalue weighted by atomic mass is 10.1. The fourth-order valence-electron chi connectivity index (χ4n) is 3.70.